The van der Waals surface area contributed by atoms with Crippen LogP contribution < -0.4 is 9.64 Å². The summed E-state index contributed by atoms with van der Waals surface area (Å²) < 4.78 is 6.88. The maximum absolute atomic E-state index is 12.8. The molecule has 3 heterocycles. The minimum absolute atomic E-state index is 0.0187. The van der Waals surface area contributed by atoms with Gasteiger partial charge in [0.2, 0.25) is 0 Å². The van der Waals surface area contributed by atoms with Gasteiger partial charge in [0.15, 0.2) is 17.0 Å². The highest BCUT2D eigenvalue weighted by molar-refractivity contribution is 5.94. The van der Waals surface area contributed by atoms with Crippen LogP contribution in [0.4, 0.5) is 5.82 Å². The summed E-state index contributed by atoms with van der Waals surface area (Å²) in [4.78, 5) is 25.7. The smallest absolute Gasteiger partial charge is 0.253 e. The molecule has 9 nitrogen and oxygen atoms in total. The second-order valence-corrected chi connectivity index (χ2v) is 7.21. The second-order valence-electron chi connectivity index (χ2n) is 7.21. The topological polar surface area (TPSA) is 89.3 Å². The third kappa shape index (κ3) is 3.54. The molecular weight excluding hydrogens is 394 g/mol. The molecule has 0 unspecified atom stereocenters. The summed E-state index contributed by atoms with van der Waals surface area (Å²) in [5.41, 5.74) is 2.86. The monoisotopic (exact) mass is 415 g/mol. The Hall–Kier alpha value is -4.01. The van der Waals surface area contributed by atoms with Crippen molar-refractivity contribution in [2.75, 3.05) is 38.2 Å². The SMILES string of the molecule is COc1ccc(C(=O)N2CCN(c3ncnc4c3nnn4-c3ccccc3)CC2)cc1. The molecule has 1 aliphatic rings. The number of methoxy groups -OCH3 is 1. The van der Waals surface area contributed by atoms with Crippen LogP contribution >= 0.6 is 0 Å². The quantitative estimate of drug-likeness (QED) is 0.505. The van der Waals surface area contributed by atoms with Gasteiger partial charge in [0.1, 0.15) is 12.1 Å². The van der Waals surface area contributed by atoms with Gasteiger partial charge in [0.25, 0.3) is 5.91 Å². The first-order valence-electron chi connectivity index (χ1n) is 10.0. The van der Waals surface area contributed by atoms with Crippen LogP contribution in [0.25, 0.3) is 16.9 Å². The number of fused-ring (bicyclic) bond motifs is 1. The van der Waals surface area contributed by atoms with Crippen molar-refractivity contribution in [1.29, 1.82) is 0 Å². The molecule has 0 N–H and O–H groups in total. The van der Waals surface area contributed by atoms with E-state index in [9.17, 15) is 4.79 Å². The summed E-state index contributed by atoms with van der Waals surface area (Å²) in [6, 6.07) is 17.0. The van der Waals surface area contributed by atoms with E-state index in [1.165, 1.54) is 6.33 Å². The van der Waals surface area contributed by atoms with Crippen LogP contribution in [-0.4, -0.2) is 69.1 Å². The molecule has 0 bridgehead atoms. The molecule has 1 saturated heterocycles. The summed E-state index contributed by atoms with van der Waals surface area (Å²) in [5, 5.41) is 8.62. The maximum atomic E-state index is 12.8. The number of hydrogen-bond donors (Lipinski definition) is 0. The third-order valence-corrected chi connectivity index (χ3v) is 5.42. The Morgan fingerprint density at radius 2 is 1.68 bits per heavy atom. The molecular formula is C22H21N7O2. The average molecular weight is 415 g/mol. The Balaban J connectivity index is 1.33. The lowest BCUT2D eigenvalue weighted by Crippen LogP contribution is -2.49. The molecule has 0 aliphatic carbocycles. The van der Waals surface area contributed by atoms with Crippen LogP contribution in [-0.2, 0) is 0 Å². The summed E-state index contributed by atoms with van der Waals surface area (Å²) in [5.74, 6) is 1.49. The van der Waals surface area contributed by atoms with Crippen molar-refractivity contribution in [1.82, 2.24) is 29.9 Å². The zero-order valence-electron chi connectivity index (χ0n) is 17.0. The van der Waals surface area contributed by atoms with E-state index in [-0.39, 0.29) is 5.91 Å². The predicted molar refractivity (Wildman–Crippen MR) is 116 cm³/mol. The van der Waals surface area contributed by atoms with Crippen LogP contribution in [0.5, 0.6) is 5.75 Å². The highest BCUT2D eigenvalue weighted by Gasteiger charge is 2.25. The van der Waals surface area contributed by atoms with E-state index in [0.29, 0.717) is 42.9 Å². The van der Waals surface area contributed by atoms with Gasteiger partial charge in [-0.2, -0.15) is 4.68 Å². The number of rotatable bonds is 4. The summed E-state index contributed by atoms with van der Waals surface area (Å²) in [7, 11) is 1.61. The van der Waals surface area contributed by atoms with Gasteiger partial charge in [0, 0.05) is 31.7 Å². The molecule has 0 spiro atoms. The van der Waals surface area contributed by atoms with Gasteiger partial charge in [-0.05, 0) is 36.4 Å². The Morgan fingerprint density at radius 3 is 2.39 bits per heavy atom. The van der Waals surface area contributed by atoms with Crippen molar-refractivity contribution in [3.05, 3.63) is 66.5 Å². The van der Waals surface area contributed by atoms with E-state index in [0.717, 1.165) is 17.3 Å². The van der Waals surface area contributed by atoms with Crippen LogP contribution in [0, 0.1) is 0 Å². The van der Waals surface area contributed by atoms with Crippen molar-refractivity contribution < 1.29 is 9.53 Å². The number of amides is 1. The van der Waals surface area contributed by atoms with Crippen LogP contribution in [0.2, 0.25) is 0 Å². The second kappa shape index (κ2) is 8.02. The van der Waals surface area contributed by atoms with Gasteiger partial charge >= 0.3 is 0 Å². The number of anilines is 1. The minimum atomic E-state index is 0.0187. The molecule has 5 rings (SSSR count). The van der Waals surface area contributed by atoms with Crippen LogP contribution in [0.1, 0.15) is 10.4 Å². The maximum Gasteiger partial charge on any atom is 0.253 e. The van der Waals surface area contributed by atoms with E-state index in [1.807, 2.05) is 35.2 Å². The first-order chi connectivity index (χ1) is 15.2. The Bertz CT molecular complexity index is 1200. The van der Waals surface area contributed by atoms with Crippen molar-refractivity contribution in [3.8, 4) is 11.4 Å². The minimum Gasteiger partial charge on any atom is -0.497 e. The van der Waals surface area contributed by atoms with Gasteiger partial charge in [-0.3, -0.25) is 4.79 Å². The van der Waals surface area contributed by atoms with Crippen molar-refractivity contribution in [2.24, 2.45) is 0 Å². The van der Waals surface area contributed by atoms with Crippen molar-refractivity contribution in [2.45, 2.75) is 0 Å². The first-order valence-corrected chi connectivity index (χ1v) is 10.0. The van der Waals surface area contributed by atoms with E-state index in [1.54, 1.807) is 36.1 Å². The summed E-state index contributed by atoms with van der Waals surface area (Å²) in [6.07, 6.45) is 1.54. The summed E-state index contributed by atoms with van der Waals surface area (Å²) in [6.45, 7) is 2.52. The largest absolute Gasteiger partial charge is 0.497 e. The number of benzene rings is 2. The molecule has 1 aliphatic heterocycles. The fourth-order valence-corrected chi connectivity index (χ4v) is 3.75. The number of para-hydroxylation sites is 1. The van der Waals surface area contributed by atoms with E-state index >= 15 is 0 Å². The predicted octanol–water partition coefficient (Wildman–Crippen LogP) is 2.18. The fourth-order valence-electron chi connectivity index (χ4n) is 3.75. The van der Waals surface area contributed by atoms with Crippen molar-refractivity contribution in [3.63, 3.8) is 0 Å². The van der Waals surface area contributed by atoms with E-state index in [2.05, 4.69) is 25.2 Å². The van der Waals surface area contributed by atoms with E-state index < -0.39 is 0 Å². The average Bonchev–Trinajstić information content (AvgIpc) is 3.29. The molecule has 0 atom stereocenters. The lowest BCUT2D eigenvalue weighted by Gasteiger charge is -2.35. The third-order valence-electron chi connectivity index (χ3n) is 5.42. The molecule has 156 valence electrons. The lowest BCUT2D eigenvalue weighted by atomic mass is 10.1. The number of carbonyl (C=O) groups is 1. The number of hydrogen-bond acceptors (Lipinski definition) is 7. The van der Waals surface area contributed by atoms with Gasteiger partial charge in [-0.1, -0.05) is 23.4 Å². The highest BCUT2D eigenvalue weighted by atomic mass is 16.5. The standard InChI is InChI=1S/C22H21N7O2/c1-31-18-9-7-16(8-10-18)22(30)28-13-11-27(12-14-28)20-19-21(24-15-23-20)29(26-25-19)17-5-3-2-4-6-17/h2-10,15H,11-14H2,1H3. The Morgan fingerprint density at radius 1 is 0.935 bits per heavy atom. The number of piperazine rings is 1. The Labute approximate surface area is 178 Å². The molecule has 2 aromatic carbocycles. The molecule has 4 aromatic rings. The van der Waals surface area contributed by atoms with Crippen LogP contribution in [0.15, 0.2) is 60.9 Å². The fraction of sp³-hybridized carbons (Fsp3) is 0.227. The van der Waals surface area contributed by atoms with Gasteiger partial charge < -0.3 is 14.5 Å². The van der Waals surface area contributed by atoms with Gasteiger partial charge in [-0.25, -0.2) is 9.97 Å². The molecule has 1 fully saturated rings. The number of nitrogens with zero attached hydrogens (tertiary/aromatic N) is 7. The molecule has 0 radical (unpaired) electrons. The molecule has 1 amide bonds. The molecule has 0 saturated carbocycles. The van der Waals surface area contributed by atoms with Gasteiger partial charge in [0.05, 0.1) is 12.8 Å². The first kappa shape index (κ1) is 19.0. The molecule has 9 heteroatoms. The number of ether oxygens (including phenoxy) is 1. The van der Waals surface area contributed by atoms with Crippen molar-refractivity contribution >= 4 is 22.9 Å². The number of aromatic nitrogens is 5. The zero-order chi connectivity index (χ0) is 21.2. The normalized spacial score (nSPS) is 14.1. The van der Waals surface area contributed by atoms with E-state index in [4.69, 9.17) is 4.74 Å². The zero-order valence-corrected chi connectivity index (χ0v) is 17.0. The Kier molecular flexibility index (Phi) is 4.91. The molecule has 2 aromatic heterocycles. The van der Waals surface area contributed by atoms with Crippen LogP contribution in [0.3, 0.4) is 0 Å². The lowest BCUT2D eigenvalue weighted by molar-refractivity contribution is 0.0746. The summed E-state index contributed by atoms with van der Waals surface area (Å²) >= 11 is 0. The number of carbonyl (C=O) groups excluding carboxylic acids is 1. The highest BCUT2D eigenvalue weighted by Crippen LogP contribution is 2.24. The van der Waals surface area contributed by atoms with Gasteiger partial charge in [-0.15, -0.1) is 5.10 Å². The molecule has 31 heavy (non-hydrogen) atoms.